The Balaban J connectivity index is 1.31. The van der Waals surface area contributed by atoms with Gasteiger partial charge in [0.25, 0.3) is 6.43 Å². The van der Waals surface area contributed by atoms with Crippen LogP contribution >= 0.6 is 0 Å². The largest absolute Gasteiger partial charge is 0.508 e. The molecule has 0 spiro atoms. The van der Waals surface area contributed by atoms with Gasteiger partial charge in [0.2, 0.25) is 0 Å². The summed E-state index contributed by atoms with van der Waals surface area (Å²) in [7, 11) is 0. The van der Waals surface area contributed by atoms with Gasteiger partial charge in [-0.1, -0.05) is 6.07 Å². The fraction of sp³-hybridized carbons (Fsp3) is 0.469. The van der Waals surface area contributed by atoms with Crippen LogP contribution < -0.4 is 15.0 Å². The summed E-state index contributed by atoms with van der Waals surface area (Å²) in [5, 5.41) is 14.1. The number of aromatic nitrogens is 3. The fourth-order valence-electron chi connectivity index (χ4n) is 7.98. The Morgan fingerprint density at radius 1 is 1.09 bits per heavy atom. The zero-order valence-electron chi connectivity index (χ0n) is 24.2. The molecule has 2 bridgehead atoms. The van der Waals surface area contributed by atoms with Gasteiger partial charge in [-0.3, -0.25) is 9.88 Å². The van der Waals surface area contributed by atoms with E-state index in [0.29, 0.717) is 31.9 Å². The number of rotatable bonds is 6. The summed E-state index contributed by atoms with van der Waals surface area (Å²) in [6.45, 7) is 2.38. The van der Waals surface area contributed by atoms with Crippen LogP contribution in [0.1, 0.15) is 44.1 Å². The molecule has 4 fully saturated rings. The molecule has 4 aliphatic heterocycles. The third-order valence-electron chi connectivity index (χ3n) is 9.95. The normalized spacial score (nSPS) is 26.4. The summed E-state index contributed by atoms with van der Waals surface area (Å²) in [5.74, 6) is -2.33. The summed E-state index contributed by atoms with van der Waals surface area (Å²) >= 11 is 0. The Bertz CT molecular complexity index is 1810. The molecule has 4 aliphatic rings. The summed E-state index contributed by atoms with van der Waals surface area (Å²) in [6, 6.07) is 4.80. The van der Waals surface area contributed by atoms with Crippen LogP contribution in [0, 0.1) is 11.6 Å². The second-order valence-electron chi connectivity index (χ2n) is 12.8. The minimum Gasteiger partial charge on any atom is -0.508 e. The number of aromatic hydroxyl groups is 1. The lowest BCUT2D eigenvalue weighted by atomic mass is 9.95. The van der Waals surface area contributed by atoms with Crippen LogP contribution in [0.4, 0.5) is 27.8 Å². The van der Waals surface area contributed by atoms with E-state index in [1.54, 1.807) is 0 Å². The number of ether oxygens (including phenoxy) is 1. The van der Waals surface area contributed by atoms with Gasteiger partial charge in [0.05, 0.1) is 27.7 Å². The van der Waals surface area contributed by atoms with Crippen LogP contribution in [-0.4, -0.2) is 81.5 Å². The number of anilines is 1. The first-order valence-electron chi connectivity index (χ1n) is 15.3. The van der Waals surface area contributed by atoms with E-state index in [9.17, 15) is 13.9 Å². The monoisotopic (exact) mass is 626 g/mol. The standard InChI is InChI=1S/C32H31F5N6O2/c33-17-10-32(6-1-7-43(32)12-17)15-45-31-40-28-22(30(41-31)42-13-18-3-4-19(14-42)39-18)11-38-27(25(28)29(36)37)21-9-20(44)8-16-2-5-23(34)26(35)24(16)21/h2,5,8-9,11,17-19,29,39,44H,1,3-4,6-7,10,12-15H2/t17-,18?,19?,32+/m0/s1. The molecule has 45 heavy (non-hydrogen) atoms. The smallest absolute Gasteiger partial charge is 0.319 e. The number of phenolic OH excluding ortho intramolecular Hbond substituents is 1. The number of pyridine rings is 1. The van der Waals surface area contributed by atoms with Crippen molar-refractivity contribution in [2.24, 2.45) is 0 Å². The van der Waals surface area contributed by atoms with Crippen molar-refractivity contribution in [2.75, 3.05) is 37.7 Å². The number of piperazine rings is 1. The van der Waals surface area contributed by atoms with Gasteiger partial charge in [-0.2, -0.15) is 9.97 Å². The highest BCUT2D eigenvalue weighted by Gasteiger charge is 2.49. The lowest BCUT2D eigenvalue weighted by Crippen LogP contribution is -2.51. The molecule has 8 rings (SSSR count). The quantitative estimate of drug-likeness (QED) is 0.265. The number of hydrogen-bond donors (Lipinski definition) is 2. The number of hydrogen-bond acceptors (Lipinski definition) is 8. The summed E-state index contributed by atoms with van der Waals surface area (Å²) < 4.78 is 80.5. The highest BCUT2D eigenvalue weighted by molar-refractivity contribution is 6.02. The van der Waals surface area contributed by atoms with Crippen LogP contribution in [0.25, 0.3) is 32.9 Å². The summed E-state index contributed by atoms with van der Waals surface area (Å²) in [6.07, 6.45) is 1.19. The van der Waals surface area contributed by atoms with Gasteiger partial charge in [-0.25, -0.2) is 22.0 Å². The van der Waals surface area contributed by atoms with Gasteiger partial charge in [-0.15, -0.1) is 0 Å². The Labute approximate surface area is 255 Å². The fourth-order valence-corrected chi connectivity index (χ4v) is 7.98. The number of phenols is 1. The molecule has 2 aromatic carbocycles. The number of benzene rings is 2. The summed E-state index contributed by atoms with van der Waals surface area (Å²) in [5.41, 5.74) is -1.79. The highest BCUT2D eigenvalue weighted by atomic mass is 19.3. The maximum atomic E-state index is 15.2. The topological polar surface area (TPSA) is 86.6 Å². The number of alkyl halides is 3. The van der Waals surface area contributed by atoms with Gasteiger partial charge < -0.3 is 20.1 Å². The molecule has 8 nitrogen and oxygen atoms in total. The molecule has 2 unspecified atom stereocenters. The predicted octanol–water partition coefficient (Wildman–Crippen LogP) is 5.66. The van der Waals surface area contributed by atoms with Crippen molar-refractivity contribution in [1.82, 2.24) is 25.2 Å². The first-order chi connectivity index (χ1) is 21.7. The first-order valence-corrected chi connectivity index (χ1v) is 15.3. The Morgan fingerprint density at radius 3 is 2.67 bits per heavy atom. The van der Waals surface area contributed by atoms with E-state index in [4.69, 9.17) is 9.72 Å². The molecule has 236 valence electrons. The lowest BCUT2D eigenvalue weighted by molar-refractivity contribution is 0.107. The van der Waals surface area contributed by atoms with Gasteiger partial charge in [0.15, 0.2) is 11.6 Å². The number of fused-ring (bicyclic) bond motifs is 5. The Hall–Kier alpha value is -3.84. The Morgan fingerprint density at radius 2 is 1.89 bits per heavy atom. The molecule has 4 atom stereocenters. The van der Waals surface area contributed by atoms with Crippen molar-refractivity contribution in [3.05, 3.63) is 47.7 Å². The molecule has 0 aliphatic carbocycles. The molecular formula is C32H31F5N6O2. The number of nitrogens with zero attached hydrogens (tertiary/aromatic N) is 5. The van der Waals surface area contributed by atoms with Crippen molar-refractivity contribution >= 4 is 27.5 Å². The van der Waals surface area contributed by atoms with Crippen LogP contribution in [0.2, 0.25) is 0 Å². The van der Waals surface area contributed by atoms with Crippen molar-refractivity contribution in [2.45, 2.75) is 62.3 Å². The molecule has 4 saturated heterocycles. The van der Waals surface area contributed by atoms with Crippen LogP contribution in [0.5, 0.6) is 11.8 Å². The first kappa shape index (κ1) is 28.6. The number of halogens is 5. The predicted molar refractivity (Wildman–Crippen MR) is 158 cm³/mol. The second kappa shape index (κ2) is 10.6. The molecule has 2 N–H and O–H groups in total. The van der Waals surface area contributed by atoms with Crippen LogP contribution in [-0.2, 0) is 0 Å². The van der Waals surface area contributed by atoms with E-state index >= 15 is 13.2 Å². The van der Waals surface area contributed by atoms with Crippen LogP contribution in [0.15, 0.2) is 30.5 Å². The molecule has 6 heterocycles. The molecular weight excluding hydrogens is 595 g/mol. The maximum absolute atomic E-state index is 15.2. The van der Waals surface area contributed by atoms with E-state index in [2.05, 4.69) is 20.2 Å². The average Bonchev–Trinajstić information content (AvgIpc) is 3.66. The van der Waals surface area contributed by atoms with E-state index in [-0.39, 0.29) is 63.4 Å². The van der Waals surface area contributed by atoms with E-state index in [1.165, 1.54) is 18.3 Å². The van der Waals surface area contributed by atoms with Crippen molar-refractivity contribution in [3.8, 4) is 23.0 Å². The summed E-state index contributed by atoms with van der Waals surface area (Å²) in [4.78, 5) is 17.7. The minimum absolute atomic E-state index is 0.106. The van der Waals surface area contributed by atoms with Crippen molar-refractivity contribution in [3.63, 3.8) is 0 Å². The molecule has 2 aromatic heterocycles. The lowest BCUT2D eigenvalue weighted by Gasteiger charge is -2.34. The maximum Gasteiger partial charge on any atom is 0.319 e. The van der Waals surface area contributed by atoms with Crippen molar-refractivity contribution < 1.29 is 31.8 Å². The number of nitrogens with one attached hydrogen (secondary N) is 1. The molecule has 0 amide bonds. The van der Waals surface area contributed by atoms with Crippen LogP contribution in [0.3, 0.4) is 0 Å². The van der Waals surface area contributed by atoms with Gasteiger partial charge in [0, 0.05) is 55.3 Å². The van der Waals surface area contributed by atoms with E-state index in [1.807, 2.05) is 4.90 Å². The van der Waals surface area contributed by atoms with Gasteiger partial charge in [0.1, 0.15) is 24.3 Å². The second-order valence-corrected chi connectivity index (χ2v) is 12.8. The molecule has 4 aromatic rings. The van der Waals surface area contributed by atoms with Gasteiger partial charge in [-0.05, 0) is 55.8 Å². The SMILES string of the molecule is Oc1cc(-c2ncc3c(N4CC5CCC(C4)N5)nc(OC[C@]45CCCN4C[C@@H](F)C5)nc3c2C(F)F)c2c(F)c(F)ccc2c1. The average molecular weight is 627 g/mol. The minimum atomic E-state index is -3.13. The highest BCUT2D eigenvalue weighted by Crippen LogP contribution is 2.44. The van der Waals surface area contributed by atoms with E-state index < -0.39 is 35.3 Å². The zero-order valence-corrected chi connectivity index (χ0v) is 24.2. The zero-order chi connectivity index (χ0) is 31.0. The van der Waals surface area contributed by atoms with Crippen molar-refractivity contribution in [1.29, 1.82) is 0 Å². The van der Waals surface area contributed by atoms with Gasteiger partial charge >= 0.3 is 6.01 Å². The third-order valence-corrected chi connectivity index (χ3v) is 9.95. The Kier molecular flexibility index (Phi) is 6.75. The molecule has 13 heteroatoms. The molecule has 0 radical (unpaired) electrons. The third kappa shape index (κ3) is 4.73. The molecule has 0 saturated carbocycles. The van der Waals surface area contributed by atoms with E-state index in [0.717, 1.165) is 44.4 Å².